The lowest BCUT2D eigenvalue weighted by Crippen LogP contribution is -2.34. The number of alkyl halides is 3. The molecule has 0 spiro atoms. The quantitative estimate of drug-likeness (QED) is 0.855. The van der Waals surface area contributed by atoms with E-state index in [9.17, 15) is 13.2 Å². The predicted octanol–water partition coefficient (Wildman–Crippen LogP) is 3.90. The van der Waals surface area contributed by atoms with E-state index in [1.54, 1.807) is 12.1 Å². The normalized spacial score (nSPS) is 16.5. The van der Waals surface area contributed by atoms with Crippen LogP contribution in [0.15, 0.2) is 28.8 Å². The Kier molecular flexibility index (Phi) is 5.95. The Hall–Kier alpha value is -1.80. The molecule has 9 heteroatoms. The Balaban J connectivity index is 0.00000225. The molecule has 1 aliphatic carbocycles. The summed E-state index contributed by atoms with van der Waals surface area (Å²) in [6.45, 7) is 0. The summed E-state index contributed by atoms with van der Waals surface area (Å²) in [6.07, 6.45) is -0.414. The Morgan fingerprint density at radius 1 is 1.16 bits per heavy atom. The zero-order valence-electron chi connectivity index (χ0n) is 13.4. The van der Waals surface area contributed by atoms with E-state index >= 15 is 0 Å². The highest BCUT2D eigenvalue weighted by molar-refractivity contribution is 5.85. The average Bonchev–Trinajstić information content (AvgIpc) is 3.15. The minimum Gasteiger partial charge on any atom is -0.406 e. The summed E-state index contributed by atoms with van der Waals surface area (Å²) < 4.78 is 46.5. The molecule has 0 saturated heterocycles. The number of nitrogens with zero attached hydrogens (tertiary/aromatic N) is 2. The summed E-state index contributed by atoms with van der Waals surface area (Å²) in [4.78, 5) is 4.32. The van der Waals surface area contributed by atoms with Crippen LogP contribution in [0, 0.1) is 0 Å². The van der Waals surface area contributed by atoms with Crippen LogP contribution in [0.3, 0.4) is 0 Å². The molecule has 0 amide bonds. The van der Waals surface area contributed by atoms with Gasteiger partial charge in [-0.2, -0.15) is 4.98 Å². The largest absolute Gasteiger partial charge is 0.573 e. The smallest absolute Gasteiger partial charge is 0.406 e. The maximum atomic E-state index is 12.4. The minimum atomic E-state index is -4.72. The van der Waals surface area contributed by atoms with Crippen LogP contribution in [0.1, 0.15) is 43.0 Å². The fraction of sp³-hybridized carbons (Fsp3) is 0.500. The van der Waals surface area contributed by atoms with Crippen molar-refractivity contribution in [2.24, 2.45) is 5.73 Å². The van der Waals surface area contributed by atoms with Gasteiger partial charge in [-0.15, -0.1) is 25.6 Å². The van der Waals surface area contributed by atoms with Gasteiger partial charge < -0.3 is 15.0 Å². The maximum Gasteiger partial charge on any atom is 0.573 e. The van der Waals surface area contributed by atoms with Crippen molar-refractivity contribution in [3.05, 3.63) is 41.5 Å². The molecule has 1 aromatic heterocycles. The fourth-order valence-electron chi connectivity index (χ4n) is 2.96. The molecule has 0 radical (unpaired) electrons. The van der Waals surface area contributed by atoms with Crippen LogP contribution in [0.4, 0.5) is 13.2 Å². The van der Waals surface area contributed by atoms with Crippen LogP contribution in [0.5, 0.6) is 5.75 Å². The topological polar surface area (TPSA) is 74.2 Å². The zero-order valence-corrected chi connectivity index (χ0v) is 14.2. The zero-order chi connectivity index (χ0) is 17.2. The molecule has 2 aromatic rings. The van der Waals surface area contributed by atoms with Crippen LogP contribution in [0.25, 0.3) is 0 Å². The van der Waals surface area contributed by atoms with Gasteiger partial charge in [-0.3, -0.25) is 0 Å². The molecule has 25 heavy (non-hydrogen) atoms. The van der Waals surface area contributed by atoms with Gasteiger partial charge in [0.2, 0.25) is 5.89 Å². The van der Waals surface area contributed by atoms with Crippen molar-refractivity contribution in [3.8, 4) is 5.75 Å². The van der Waals surface area contributed by atoms with Crippen molar-refractivity contribution in [1.82, 2.24) is 10.1 Å². The summed E-state index contributed by atoms with van der Waals surface area (Å²) in [5, 5.41) is 3.94. The Labute approximate surface area is 149 Å². The summed E-state index contributed by atoms with van der Waals surface area (Å²) >= 11 is 0. The van der Waals surface area contributed by atoms with E-state index < -0.39 is 11.9 Å². The van der Waals surface area contributed by atoms with E-state index in [1.807, 2.05) is 0 Å². The molecule has 0 atom stereocenters. The molecule has 138 valence electrons. The van der Waals surface area contributed by atoms with Crippen molar-refractivity contribution in [1.29, 1.82) is 0 Å². The fourth-order valence-corrected chi connectivity index (χ4v) is 2.96. The van der Waals surface area contributed by atoms with Crippen LogP contribution >= 0.6 is 12.4 Å². The van der Waals surface area contributed by atoms with E-state index in [0.29, 0.717) is 30.1 Å². The highest BCUT2D eigenvalue weighted by atomic mass is 35.5. The predicted molar refractivity (Wildman–Crippen MR) is 86.4 cm³/mol. The first-order valence-corrected chi connectivity index (χ1v) is 7.81. The summed E-state index contributed by atoms with van der Waals surface area (Å²) in [5.41, 5.74) is 6.15. The summed E-state index contributed by atoms with van der Waals surface area (Å²) in [5.74, 6) is 0.634. The lowest BCUT2D eigenvalue weighted by Gasteiger charge is -2.17. The molecular formula is C16H19ClF3N3O2. The Morgan fingerprint density at radius 3 is 2.52 bits per heavy atom. The third kappa shape index (κ3) is 4.85. The second-order valence-electron chi connectivity index (χ2n) is 6.03. The number of aromatic nitrogens is 2. The third-order valence-electron chi connectivity index (χ3n) is 4.22. The monoisotopic (exact) mass is 377 g/mol. The molecule has 2 N–H and O–H groups in total. The van der Waals surface area contributed by atoms with Gasteiger partial charge >= 0.3 is 6.36 Å². The molecule has 1 aliphatic rings. The molecule has 3 rings (SSSR count). The SMILES string of the molecule is Cl.NC1(c2noc(CCc3ccccc3OC(F)(F)F)n2)CCCC1. The molecule has 1 aromatic carbocycles. The average molecular weight is 378 g/mol. The van der Waals surface area contributed by atoms with Crippen molar-refractivity contribution < 1.29 is 22.4 Å². The van der Waals surface area contributed by atoms with Crippen molar-refractivity contribution in [3.63, 3.8) is 0 Å². The molecule has 0 aliphatic heterocycles. The van der Waals surface area contributed by atoms with E-state index in [2.05, 4.69) is 14.9 Å². The molecule has 1 heterocycles. The van der Waals surface area contributed by atoms with E-state index in [1.165, 1.54) is 12.1 Å². The minimum absolute atomic E-state index is 0. The number of aryl methyl sites for hydroxylation is 2. The van der Waals surface area contributed by atoms with Gasteiger partial charge in [0.05, 0.1) is 5.54 Å². The third-order valence-corrected chi connectivity index (χ3v) is 4.22. The van der Waals surface area contributed by atoms with Gasteiger partial charge in [0.15, 0.2) is 5.82 Å². The highest BCUT2D eigenvalue weighted by Gasteiger charge is 2.36. The number of ether oxygens (including phenoxy) is 1. The Morgan fingerprint density at radius 2 is 1.84 bits per heavy atom. The van der Waals surface area contributed by atoms with Crippen molar-refractivity contribution >= 4 is 12.4 Å². The lowest BCUT2D eigenvalue weighted by atomic mass is 9.99. The van der Waals surface area contributed by atoms with Gasteiger partial charge in [-0.25, -0.2) is 0 Å². The second-order valence-corrected chi connectivity index (χ2v) is 6.03. The number of benzene rings is 1. The Bertz CT molecular complexity index is 700. The van der Waals surface area contributed by atoms with Crippen molar-refractivity contribution in [2.75, 3.05) is 0 Å². The first-order chi connectivity index (χ1) is 11.4. The number of hydrogen-bond donors (Lipinski definition) is 1. The van der Waals surface area contributed by atoms with Gasteiger partial charge in [0.1, 0.15) is 5.75 Å². The summed E-state index contributed by atoms with van der Waals surface area (Å²) in [7, 11) is 0. The van der Waals surface area contributed by atoms with E-state index in [0.717, 1.165) is 25.7 Å². The molecular weight excluding hydrogens is 359 g/mol. The first kappa shape index (κ1) is 19.5. The van der Waals surface area contributed by atoms with Gasteiger partial charge in [-0.1, -0.05) is 36.2 Å². The van der Waals surface area contributed by atoms with E-state index in [4.69, 9.17) is 10.3 Å². The number of para-hydroxylation sites is 1. The number of rotatable bonds is 5. The molecule has 5 nitrogen and oxygen atoms in total. The van der Waals surface area contributed by atoms with Crippen LogP contribution in [-0.2, 0) is 18.4 Å². The van der Waals surface area contributed by atoms with Gasteiger partial charge in [0.25, 0.3) is 0 Å². The first-order valence-electron chi connectivity index (χ1n) is 7.81. The van der Waals surface area contributed by atoms with Gasteiger partial charge in [-0.05, 0) is 30.9 Å². The van der Waals surface area contributed by atoms with Crippen LogP contribution in [-0.4, -0.2) is 16.5 Å². The lowest BCUT2D eigenvalue weighted by molar-refractivity contribution is -0.274. The van der Waals surface area contributed by atoms with Crippen LogP contribution < -0.4 is 10.5 Å². The number of hydrogen-bond acceptors (Lipinski definition) is 5. The maximum absolute atomic E-state index is 12.4. The highest BCUT2D eigenvalue weighted by Crippen LogP contribution is 2.34. The number of halogens is 4. The van der Waals surface area contributed by atoms with E-state index in [-0.39, 0.29) is 18.2 Å². The van der Waals surface area contributed by atoms with Gasteiger partial charge in [0, 0.05) is 6.42 Å². The number of nitrogens with two attached hydrogens (primary N) is 1. The standard InChI is InChI=1S/C16H18F3N3O2.ClH/c17-16(18,19)23-12-6-2-1-5-11(12)7-8-13-21-14(22-24-13)15(20)9-3-4-10-15;/h1-2,5-6H,3-4,7-10,20H2;1H. The summed E-state index contributed by atoms with van der Waals surface area (Å²) in [6, 6.07) is 6.02. The molecule has 1 saturated carbocycles. The van der Waals surface area contributed by atoms with Crippen molar-refractivity contribution in [2.45, 2.75) is 50.4 Å². The second kappa shape index (κ2) is 7.61. The molecule has 1 fully saturated rings. The molecule has 0 bridgehead atoms. The van der Waals surface area contributed by atoms with Crippen LogP contribution in [0.2, 0.25) is 0 Å². The molecule has 0 unspecified atom stereocenters.